The van der Waals surface area contributed by atoms with Gasteiger partial charge in [-0.15, -0.1) is 0 Å². The van der Waals surface area contributed by atoms with Gasteiger partial charge in [0.1, 0.15) is 5.84 Å². The first-order valence-electron chi connectivity index (χ1n) is 7.02. The number of hydrogen-bond acceptors (Lipinski definition) is 7. The Balaban J connectivity index is 2.21. The van der Waals surface area contributed by atoms with Crippen LogP contribution in [0.4, 0.5) is 0 Å². The Bertz CT molecular complexity index is 357. The Hall–Kier alpha value is -1.18. The normalized spacial score (nSPS) is 24.6. The van der Waals surface area contributed by atoms with Crippen molar-refractivity contribution in [3.8, 4) is 0 Å². The fraction of sp³-hybridized carbons (Fsp3) is 0.833. The lowest BCUT2D eigenvalue weighted by Gasteiger charge is -2.39. The number of hydrogen-bond donors (Lipinski definition) is 3. The van der Waals surface area contributed by atoms with E-state index < -0.39 is 0 Å². The summed E-state index contributed by atoms with van der Waals surface area (Å²) in [4.78, 5) is 11.4. The van der Waals surface area contributed by atoms with E-state index in [4.69, 9.17) is 5.84 Å². The van der Waals surface area contributed by atoms with Gasteiger partial charge < -0.3 is 10.2 Å². The second kappa shape index (κ2) is 6.31. The van der Waals surface area contributed by atoms with E-state index in [-0.39, 0.29) is 6.29 Å². The molecule has 4 N–H and O–H groups in total. The number of hydrazine groups is 1. The highest BCUT2D eigenvalue weighted by Crippen LogP contribution is 2.12. The first-order chi connectivity index (χ1) is 9.13. The Morgan fingerprint density at radius 1 is 1.42 bits per heavy atom. The van der Waals surface area contributed by atoms with Crippen LogP contribution in [0, 0.1) is 5.92 Å². The van der Waals surface area contributed by atoms with Crippen molar-refractivity contribution in [1.29, 1.82) is 0 Å². The predicted octanol–water partition coefficient (Wildman–Crippen LogP) is -0.615. The number of amidine groups is 1. The molecule has 0 amide bonds. The average Bonchev–Trinajstić information content (AvgIpc) is 2.42. The van der Waals surface area contributed by atoms with Crippen LogP contribution in [0.15, 0.2) is 9.98 Å². The summed E-state index contributed by atoms with van der Waals surface area (Å²) < 4.78 is 0. The molecule has 108 valence electrons. The molecule has 1 unspecified atom stereocenters. The molecule has 1 atom stereocenters. The van der Waals surface area contributed by atoms with Crippen molar-refractivity contribution in [3.63, 3.8) is 0 Å². The van der Waals surface area contributed by atoms with E-state index in [2.05, 4.69) is 46.3 Å². The molecule has 0 spiro atoms. The lowest BCUT2D eigenvalue weighted by molar-refractivity contribution is 0.222. The molecule has 1 fully saturated rings. The molecule has 2 aliphatic heterocycles. The fourth-order valence-electron chi connectivity index (χ4n) is 2.19. The fourth-order valence-corrected chi connectivity index (χ4v) is 2.19. The zero-order valence-electron chi connectivity index (χ0n) is 12.1. The van der Waals surface area contributed by atoms with Gasteiger partial charge in [0.15, 0.2) is 6.29 Å². The maximum atomic E-state index is 6.17. The molecule has 0 saturated carbocycles. The van der Waals surface area contributed by atoms with Crippen molar-refractivity contribution in [3.05, 3.63) is 0 Å². The average molecular weight is 267 g/mol. The molecule has 19 heavy (non-hydrogen) atoms. The highest BCUT2D eigenvalue weighted by molar-refractivity contribution is 5.98. The maximum absolute atomic E-state index is 6.17. The van der Waals surface area contributed by atoms with Gasteiger partial charge in [0.25, 0.3) is 0 Å². The molecular weight excluding hydrogens is 242 g/mol. The van der Waals surface area contributed by atoms with Gasteiger partial charge in [0.05, 0.1) is 0 Å². The summed E-state index contributed by atoms with van der Waals surface area (Å²) in [5.41, 5.74) is 0. The third kappa shape index (κ3) is 3.23. The monoisotopic (exact) mass is 267 g/mol. The minimum Gasteiger partial charge on any atom is -0.339 e. The van der Waals surface area contributed by atoms with E-state index in [1.54, 1.807) is 5.01 Å². The van der Waals surface area contributed by atoms with E-state index in [9.17, 15) is 0 Å². The van der Waals surface area contributed by atoms with Crippen LogP contribution in [0.5, 0.6) is 0 Å². The van der Waals surface area contributed by atoms with Crippen LogP contribution in [-0.4, -0.2) is 60.7 Å². The van der Waals surface area contributed by atoms with Crippen LogP contribution in [0.3, 0.4) is 0 Å². The van der Waals surface area contributed by atoms with Gasteiger partial charge in [-0.25, -0.2) is 15.8 Å². The quantitative estimate of drug-likeness (QED) is 0.594. The highest BCUT2D eigenvalue weighted by atomic mass is 15.6. The summed E-state index contributed by atoms with van der Waals surface area (Å²) in [7, 11) is 0. The molecule has 0 aromatic heterocycles. The van der Waals surface area contributed by atoms with Crippen molar-refractivity contribution >= 4 is 11.8 Å². The first-order valence-corrected chi connectivity index (χ1v) is 7.02. The molecule has 7 heteroatoms. The second-order valence-electron chi connectivity index (χ2n) is 5.13. The number of guanidine groups is 1. The van der Waals surface area contributed by atoms with Gasteiger partial charge in [-0.2, -0.15) is 4.99 Å². The van der Waals surface area contributed by atoms with Crippen LogP contribution in [0.1, 0.15) is 20.8 Å². The zero-order chi connectivity index (χ0) is 13.8. The molecule has 2 rings (SSSR count). The summed E-state index contributed by atoms with van der Waals surface area (Å²) in [6.07, 6.45) is -0.218. The van der Waals surface area contributed by atoms with Crippen molar-refractivity contribution < 1.29 is 0 Å². The minimum absolute atomic E-state index is 0.218. The lowest BCUT2D eigenvalue weighted by atomic mass is 10.2. The Labute approximate surface area is 114 Å². The van der Waals surface area contributed by atoms with Crippen LogP contribution in [-0.2, 0) is 0 Å². The van der Waals surface area contributed by atoms with E-state index in [0.717, 1.165) is 44.5 Å². The SMILES string of the molecule is CCNC1N=C(C(C)C)N=C(N2CCNCC2)N1N. The molecule has 0 aromatic rings. The summed E-state index contributed by atoms with van der Waals surface area (Å²) >= 11 is 0. The van der Waals surface area contributed by atoms with E-state index in [1.165, 1.54) is 0 Å². The maximum Gasteiger partial charge on any atom is 0.220 e. The molecule has 7 nitrogen and oxygen atoms in total. The van der Waals surface area contributed by atoms with Gasteiger partial charge in [-0.1, -0.05) is 20.8 Å². The molecular formula is C12H25N7. The molecule has 2 aliphatic rings. The number of rotatable bonds is 3. The number of nitrogens with two attached hydrogens (primary N) is 1. The second-order valence-corrected chi connectivity index (χ2v) is 5.13. The number of piperazine rings is 1. The summed E-state index contributed by atoms with van der Waals surface area (Å²) in [6.45, 7) is 10.9. The topological polar surface area (TPSA) is 81.3 Å². The summed E-state index contributed by atoms with van der Waals surface area (Å²) in [5, 5.41) is 8.26. The number of nitrogens with one attached hydrogen (secondary N) is 2. The minimum atomic E-state index is -0.218. The summed E-state index contributed by atoms with van der Waals surface area (Å²) in [5.74, 6) is 8.16. The molecule has 0 aliphatic carbocycles. The van der Waals surface area contributed by atoms with Crippen LogP contribution < -0.4 is 16.5 Å². The van der Waals surface area contributed by atoms with E-state index in [1.807, 2.05) is 0 Å². The van der Waals surface area contributed by atoms with E-state index >= 15 is 0 Å². The molecule has 1 saturated heterocycles. The van der Waals surface area contributed by atoms with Crippen LogP contribution >= 0.6 is 0 Å². The van der Waals surface area contributed by atoms with Crippen LogP contribution in [0.25, 0.3) is 0 Å². The first kappa shape index (κ1) is 14.2. The van der Waals surface area contributed by atoms with Gasteiger partial charge in [-0.05, 0) is 6.54 Å². The highest BCUT2D eigenvalue weighted by Gasteiger charge is 2.28. The van der Waals surface area contributed by atoms with Gasteiger partial charge in [0, 0.05) is 32.1 Å². The van der Waals surface area contributed by atoms with Crippen molar-refractivity contribution in [2.24, 2.45) is 21.7 Å². The predicted molar refractivity (Wildman–Crippen MR) is 77.6 cm³/mol. The largest absolute Gasteiger partial charge is 0.339 e. The molecule has 0 bridgehead atoms. The molecule has 2 heterocycles. The third-order valence-electron chi connectivity index (χ3n) is 3.27. The molecule has 0 aromatic carbocycles. The van der Waals surface area contributed by atoms with Crippen LogP contribution in [0.2, 0.25) is 0 Å². The Morgan fingerprint density at radius 3 is 2.68 bits per heavy atom. The number of aliphatic imine (C=N–C) groups is 2. The van der Waals surface area contributed by atoms with Crippen molar-refractivity contribution in [2.45, 2.75) is 27.1 Å². The van der Waals surface area contributed by atoms with E-state index in [0.29, 0.717) is 5.92 Å². The smallest absolute Gasteiger partial charge is 0.220 e. The molecule has 0 radical (unpaired) electrons. The Morgan fingerprint density at radius 2 is 2.11 bits per heavy atom. The lowest BCUT2D eigenvalue weighted by Crippen LogP contribution is -2.61. The Kier molecular flexibility index (Phi) is 4.73. The van der Waals surface area contributed by atoms with Gasteiger partial charge in [0.2, 0.25) is 5.96 Å². The van der Waals surface area contributed by atoms with Crippen molar-refractivity contribution in [1.82, 2.24) is 20.5 Å². The van der Waals surface area contributed by atoms with Gasteiger partial charge >= 0.3 is 0 Å². The zero-order valence-corrected chi connectivity index (χ0v) is 12.1. The third-order valence-corrected chi connectivity index (χ3v) is 3.27. The standard InChI is InChI=1S/C12H25N7/c1-4-15-11-16-10(9(2)3)17-12(19(11)13)18-7-5-14-6-8-18/h9,11,14-15H,4-8,13H2,1-3H3. The number of nitrogens with zero attached hydrogens (tertiary/aromatic N) is 4. The van der Waals surface area contributed by atoms with Gasteiger partial charge in [-0.3, -0.25) is 5.32 Å². The summed E-state index contributed by atoms with van der Waals surface area (Å²) in [6, 6.07) is 0. The van der Waals surface area contributed by atoms with Crippen molar-refractivity contribution in [2.75, 3.05) is 32.7 Å².